The Morgan fingerprint density at radius 3 is 2.83 bits per heavy atom. The molecule has 0 fully saturated rings. The van der Waals surface area contributed by atoms with Crippen LogP contribution in [-0.4, -0.2) is 17.4 Å². The first-order valence-corrected chi connectivity index (χ1v) is 6.32. The second kappa shape index (κ2) is 6.13. The number of nitrogens with one attached hydrogen (secondary N) is 1. The van der Waals surface area contributed by atoms with Crippen molar-refractivity contribution < 1.29 is 4.79 Å². The molecule has 1 heterocycles. The number of hydrogen-bond acceptors (Lipinski definition) is 4. The molecule has 0 aliphatic carbocycles. The number of anilines is 1. The van der Waals surface area contributed by atoms with Gasteiger partial charge in [-0.1, -0.05) is 13.8 Å². The van der Waals surface area contributed by atoms with Crippen LogP contribution in [-0.2, 0) is 4.79 Å². The van der Waals surface area contributed by atoms with E-state index >= 15 is 0 Å². The van der Waals surface area contributed by atoms with Crippen molar-refractivity contribution in [2.24, 2.45) is 5.73 Å². The second-order valence-electron chi connectivity index (χ2n) is 4.14. The van der Waals surface area contributed by atoms with E-state index < -0.39 is 0 Å². The minimum Gasteiger partial charge on any atom is -0.325 e. The summed E-state index contributed by atoms with van der Waals surface area (Å²) >= 11 is 1.66. The predicted molar refractivity (Wildman–Crippen MR) is 78.6 cm³/mol. The Balaban J connectivity index is 0.00000162. The summed E-state index contributed by atoms with van der Waals surface area (Å²) in [4.78, 5) is 15.7. The molecule has 18 heavy (non-hydrogen) atoms. The fourth-order valence-electron chi connectivity index (χ4n) is 1.48. The molecular formula is C12H16ClN3OS. The lowest BCUT2D eigenvalue weighted by molar-refractivity contribution is -0.114. The Morgan fingerprint density at radius 2 is 2.22 bits per heavy atom. The summed E-state index contributed by atoms with van der Waals surface area (Å²) in [6, 6.07) is 5.70. The third-order valence-corrected chi connectivity index (χ3v) is 3.69. The summed E-state index contributed by atoms with van der Waals surface area (Å²) < 4.78 is 1.09. The molecule has 0 aliphatic heterocycles. The van der Waals surface area contributed by atoms with Crippen molar-refractivity contribution in [1.29, 1.82) is 0 Å². The number of benzene rings is 1. The molecule has 0 atom stereocenters. The molecule has 0 spiro atoms. The Kier molecular flexibility index (Phi) is 5.07. The lowest BCUT2D eigenvalue weighted by Crippen LogP contribution is -2.21. The van der Waals surface area contributed by atoms with E-state index in [1.54, 1.807) is 11.3 Å². The van der Waals surface area contributed by atoms with Gasteiger partial charge in [0.05, 0.1) is 21.8 Å². The van der Waals surface area contributed by atoms with Crippen LogP contribution in [0.25, 0.3) is 10.2 Å². The molecule has 4 nitrogen and oxygen atoms in total. The zero-order valence-corrected chi connectivity index (χ0v) is 11.9. The summed E-state index contributed by atoms with van der Waals surface area (Å²) in [5.41, 5.74) is 7.00. The highest BCUT2D eigenvalue weighted by molar-refractivity contribution is 7.18. The average molecular weight is 286 g/mol. The van der Waals surface area contributed by atoms with Gasteiger partial charge in [0.15, 0.2) is 0 Å². The van der Waals surface area contributed by atoms with Crippen molar-refractivity contribution in [3.63, 3.8) is 0 Å². The van der Waals surface area contributed by atoms with Gasteiger partial charge < -0.3 is 11.1 Å². The maximum Gasteiger partial charge on any atom is 0.238 e. The maximum atomic E-state index is 11.2. The van der Waals surface area contributed by atoms with Gasteiger partial charge in [-0.25, -0.2) is 4.98 Å². The van der Waals surface area contributed by atoms with E-state index in [0.717, 1.165) is 20.9 Å². The van der Waals surface area contributed by atoms with Crippen LogP contribution in [0.2, 0.25) is 0 Å². The van der Waals surface area contributed by atoms with Gasteiger partial charge >= 0.3 is 0 Å². The molecule has 0 aliphatic rings. The normalized spacial score (nSPS) is 10.4. The number of amides is 1. The first-order chi connectivity index (χ1) is 8.10. The van der Waals surface area contributed by atoms with E-state index in [2.05, 4.69) is 24.1 Å². The van der Waals surface area contributed by atoms with Gasteiger partial charge in [0.25, 0.3) is 0 Å². The predicted octanol–water partition coefficient (Wildman–Crippen LogP) is 2.74. The van der Waals surface area contributed by atoms with E-state index in [-0.39, 0.29) is 24.9 Å². The van der Waals surface area contributed by atoms with Gasteiger partial charge in [0.2, 0.25) is 5.91 Å². The van der Waals surface area contributed by atoms with Crippen LogP contribution in [0.3, 0.4) is 0 Å². The minimum atomic E-state index is -0.182. The quantitative estimate of drug-likeness (QED) is 0.911. The maximum absolute atomic E-state index is 11.2. The van der Waals surface area contributed by atoms with Crippen molar-refractivity contribution in [3.8, 4) is 0 Å². The SMILES string of the molecule is CC(C)c1nc2ccc(NC(=O)CN)cc2s1.Cl. The minimum absolute atomic E-state index is 0. The molecule has 98 valence electrons. The highest BCUT2D eigenvalue weighted by Crippen LogP contribution is 2.29. The molecule has 0 saturated heterocycles. The zero-order chi connectivity index (χ0) is 12.4. The van der Waals surface area contributed by atoms with E-state index in [0.29, 0.717) is 5.92 Å². The van der Waals surface area contributed by atoms with Crippen LogP contribution in [0.15, 0.2) is 18.2 Å². The smallest absolute Gasteiger partial charge is 0.238 e. The van der Waals surface area contributed by atoms with Gasteiger partial charge in [-0.15, -0.1) is 23.7 Å². The summed E-state index contributed by atoms with van der Waals surface area (Å²) in [7, 11) is 0. The van der Waals surface area contributed by atoms with Crippen LogP contribution in [0.1, 0.15) is 24.8 Å². The number of hydrogen-bond donors (Lipinski definition) is 2. The van der Waals surface area contributed by atoms with Crippen LogP contribution >= 0.6 is 23.7 Å². The van der Waals surface area contributed by atoms with Crippen molar-refractivity contribution in [3.05, 3.63) is 23.2 Å². The molecule has 2 aromatic rings. The lowest BCUT2D eigenvalue weighted by atomic mass is 10.2. The number of rotatable bonds is 3. The van der Waals surface area contributed by atoms with E-state index in [9.17, 15) is 4.79 Å². The van der Waals surface area contributed by atoms with Crippen LogP contribution in [0.5, 0.6) is 0 Å². The third-order valence-electron chi connectivity index (χ3n) is 2.37. The van der Waals surface area contributed by atoms with Gasteiger partial charge in [-0.3, -0.25) is 4.79 Å². The van der Waals surface area contributed by atoms with Crippen molar-refractivity contribution >= 4 is 45.6 Å². The molecule has 2 rings (SSSR count). The molecule has 1 amide bonds. The Hall–Kier alpha value is -1.17. The molecule has 0 radical (unpaired) electrons. The average Bonchev–Trinajstić information content (AvgIpc) is 2.72. The largest absolute Gasteiger partial charge is 0.325 e. The molecule has 3 N–H and O–H groups in total. The topological polar surface area (TPSA) is 68.0 Å². The van der Waals surface area contributed by atoms with Crippen LogP contribution < -0.4 is 11.1 Å². The van der Waals surface area contributed by atoms with E-state index in [1.807, 2.05) is 18.2 Å². The molecule has 0 unspecified atom stereocenters. The number of carbonyl (C=O) groups excluding carboxylic acids is 1. The van der Waals surface area contributed by atoms with Crippen LogP contribution in [0, 0.1) is 0 Å². The molecule has 1 aromatic heterocycles. The van der Waals surface area contributed by atoms with Crippen molar-refractivity contribution in [2.75, 3.05) is 11.9 Å². The molecule has 6 heteroatoms. The highest BCUT2D eigenvalue weighted by atomic mass is 35.5. The van der Waals surface area contributed by atoms with Gasteiger partial charge in [0.1, 0.15) is 0 Å². The summed E-state index contributed by atoms with van der Waals surface area (Å²) in [5, 5.41) is 3.85. The second-order valence-corrected chi connectivity index (χ2v) is 5.20. The van der Waals surface area contributed by atoms with E-state index in [4.69, 9.17) is 5.73 Å². The fourth-order valence-corrected chi connectivity index (χ4v) is 2.49. The number of aromatic nitrogens is 1. The Morgan fingerprint density at radius 1 is 1.50 bits per heavy atom. The number of nitrogens with two attached hydrogens (primary N) is 1. The number of halogens is 1. The highest BCUT2D eigenvalue weighted by Gasteiger charge is 2.08. The standard InChI is InChI=1S/C12H15N3OS.ClH/c1-7(2)12-15-9-4-3-8(5-10(9)17-12)14-11(16)6-13;/h3-5,7H,6,13H2,1-2H3,(H,14,16);1H. The van der Waals surface area contributed by atoms with Gasteiger partial charge in [-0.05, 0) is 18.2 Å². The molecule has 0 saturated carbocycles. The Labute approximate surface area is 116 Å². The molecular weight excluding hydrogens is 270 g/mol. The molecule has 0 bridgehead atoms. The fraction of sp³-hybridized carbons (Fsp3) is 0.333. The summed E-state index contributed by atoms with van der Waals surface area (Å²) in [6.07, 6.45) is 0. The van der Waals surface area contributed by atoms with Crippen LogP contribution in [0.4, 0.5) is 5.69 Å². The number of carbonyl (C=O) groups is 1. The Bertz CT molecular complexity index is 553. The first-order valence-electron chi connectivity index (χ1n) is 5.50. The molecule has 1 aromatic carbocycles. The van der Waals surface area contributed by atoms with Gasteiger partial charge in [-0.2, -0.15) is 0 Å². The number of fused-ring (bicyclic) bond motifs is 1. The summed E-state index contributed by atoms with van der Waals surface area (Å²) in [6.45, 7) is 4.24. The van der Waals surface area contributed by atoms with Crippen molar-refractivity contribution in [2.45, 2.75) is 19.8 Å². The number of thiazole rings is 1. The number of nitrogens with zero attached hydrogens (tertiary/aromatic N) is 1. The summed E-state index contributed by atoms with van der Waals surface area (Å²) in [5.74, 6) is 0.243. The van der Waals surface area contributed by atoms with Gasteiger partial charge in [0, 0.05) is 11.6 Å². The lowest BCUT2D eigenvalue weighted by Gasteiger charge is -2.02. The third kappa shape index (κ3) is 3.19. The zero-order valence-electron chi connectivity index (χ0n) is 10.3. The van der Waals surface area contributed by atoms with E-state index in [1.165, 1.54) is 0 Å². The first kappa shape index (κ1) is 14.9. The van der Waals surface area contributed by atoms with Crippen molar-refractivity contribution in [1.82, 2.24) is 4.98 Å². The monoisotopic (exact) mass is 285 g/mol.